The summed E-state index contributed by atoms with van der Waals surface area (Å²) in [6.07, 6.45) is 0.838. The summed E-state index contributed by atoms with van der Waals surface area (Å²) in [6, 6.07) is -0.122. The fourth-order valence-electron chi connectivity index (χ4n) is 2.09. The van der Waals surface area contributed by atoms with Crippen LogP contribution in [0.3, 0.4) is 0 Å². The lowest BCUT2D eigenvalue weighted by atomic mass is 9.87. The Kier molecular flexibility index (Phi) is 5.79. The van der Waals surface area contributed by atoms with Crippen molar-refractivity contribution in [2.24, 2.45) is 11.8 Å². The number of carboxylic acids is 1. The minimum Gasteiger partial charge on any atom is -0.481 e. The van der Waals surface area contributed by atoms with E-state index in [0.29, 0.717) is 26.1 Å². The molecule has 1 heterocycles. The number of nitrogens with zero attached hydrogens (tertiary/aromatic N) is 2. The molecule has 114 valence electrons. The van der Waals surface area contributed by atoms with Crippen molar-refractivity contribution in [3.8, 4) is 0 Å². The van der Waals surface area contributed by atoms with Gasteiger partial charge in [0.15, 0.2) is 0 Å². The van der Waals surface area contributed by atoms with Crippen molar-refractivity contribution in [2.45, 2.75) is 19.8 Å². The highest BCUT2D eigenvalue weighted by Crippen LogP contribution is 2.24. The number of carbonyl (C=O) groups is 3. The SMILES string of the molecule is COC(=O)CCCN(C)C(=O)N1CC(C(C)C(=O)O)C1. The molecule has 0 aromatic carbocycles. The van der Waals surface area contributed by atoms with Crippen molar-refractivity contribution in [1.82, 2.24) is 9.80 Å². The van der Waals surface area contributed by atoms with E-state index in [0.717, 1.165) is 0 Å². The second kappa shape index (κ2) is 7.12. The molecule has 2 amide bonds. The Hall–Kier alpha value is -1.79. The highest BCUT2D eigenvalue weighted by molar-refractivity contribution is 5.76. The standard InChI is InChI=1S/C13H22N2O5/c1-9(12(17)18)10-7-15(8-10)13(19)14(2)6-4-5-11(16)20-3/h9-10H,4-8H2,1-3H3,(H,17,18). The molecule has 0 aliphatic carbocycles. The molecule has 1 unspecified atom stereocenters. The van der Waals surface area contributed by atoms with Gasteiger partial charge < -0.3 is 19.6 Å². The van der Waals surface area contributed by atoms with Gasteiger partial charge in [-0.25, -0.2) is 4.79 Å². The van der Waals surface area contributed by atoms with Crippen molar-refractivity contribution < 1.29 is 24.2 Å². The Morgan fingerprint density at radius 2 is 2.00 bits per heavy atom. The molecular formula is C13H22N2O5. The average molecular weight is 286 g/mol. The summed E-state index contributed by atoms with van der Waals surface area (Å²) in [7, 11) is 3.01. The van der Waals surface area contributed by atoms with E-state index in [2.05, 4.69) is 4.74 Å². The molecule has 1 rings (SSSR count). The van der Waals surface area contributed by atoms with Crippen molar-refractivity contribution in [1.29, 1.82) is 0 Å². The van der Waals surface area contributed by atoms with Crippen LogP contribution in [0.25, 0.3) is 0 Å². The molecule has 1 atom stereocenters. The lowest BCUT2D eigenvalue weighted by Crippen LogP contribution is -2.56. The summed E-state index contributed by atoms with van der Waals surface area (Å²) in [5.74, 6) is -1.51. The lowest BCUT2D eigenvalue weighted by molar-refractivity contribution is -0.145. The third-order valence-corrected chi connectivity index (χ3v) is 3.71. The molecule has 20 heavy (non-hydrogen) atoms. The van der Waals surface area contributed by atoms with Gasteiger partial charge in [-0.2, -0.15) is 0 Å². The second-order valence-corrected chi connectivity index (χ2v) is 5.18. The number of urea groups is 1. The minimum atomic E-state index is -0.825. The van der Waals surface area contributed by atoms with Crippen LogP contribution in [0.1, 0.15) is 19.8 Å². The Bertz CT molecular complexity index is 379. The van der Waals surface area contributed by atoms with Gasteiger partial charge in [0.05, 0.1) is 13.0 Å². The molecule has 7 heteroatoms. The quantitative estimate of drug-likeness (QED) is 0.724. The Morgan fingerprint density at radius 1 is 1.40 bits per heavy atom. The van der Waals surface area contributed by atoms with E-state index in [1.807, 2.05) is 0 Å². The van der Waals surface area contributed by atoms with E-state index in [1.54, 1.807) is 23.8 Å². The van der Waals surface area contributed by atoms with Gasteiger partial charge >= 0.3 is 18.0 Å². The fourth-order valence-corrected chi connectivity index (χ4v) is 2.09. The maximum Gasteiger partial charge on any atom is 0.319 e. The van der Waals surface area contributed by atoms with Crippen LogP contribution in [0.2, 0.25) is 0 Å². The largest absolute Gasteiger partial charge is 0.481 e. The zero-order valence-electron chi connectivity index (χ0n) is 12.2. The zero-order chi connectivity index (χ0) is 15.3. The number of aliphatic carboxylic acids is 1. The number of carboxylic acid groups (broad SMARTS) is 1. The van der Waals surface area contributed by atoms with Gasteiger partial charge in [0.2, 0.25) is 0 Å². The van der Waals surface area contributed by atoms with Crippen LogP contribution in [-0.4, -0.2) is 66.7 Å². The molecule has 1 aliphatic rings. The first-order chi connectivity index (χ1) is 9.36. The summed E-state index contributed by atoms with van der Waals surface area (Å²) in [5, 5.41) is 8.89. The van der Waals surface area contributed by atoms with Crippen LogP contribution in [0, 0.1) is 11.8 Å². The number of amides is 2. The predicted octanol–water partition coefficient (Wildman–Crippen LogP) is 0.644. The molecule has 1 saturated heterocycles. The summed E-state index contributed by atoms with van der Waals surface area (Å²) in [4.78, 5) is 36.9. The highest BCUT2D eigenvalue weighted by atomic mass is 16.5. The van der Waals surface area contributed by atoms with E-state index in [9.17, 15) is 14.4 Å². The van der Waals surface area contributed by atoms with Gasteiger partial charge in [0, 0.05) is 39.0 Å². The molecular weight excluding hydrogens is 264 g/mol. The fraction of sp³-hybridized carbons (Fsp3) is 0.769. The molecule has 0 aromatic heterocycles. The first kappa shape index (κ1) is 16.3. The van der Waals surface area contributed by atoms with E-state index < -0.39 is 11.9 Å². The average Bonchev–Trinajstić information content (AvgIpc) is 2.35. The number of methoxy groups -OCH3 is 1. The summed E-state index contributed by atoms with van der Waals surface area (Å²) in [5.41, 5.74) is 0. The molecule has 0 spiro atoms. The normalized spacial score (nSPS) is 16.2. The van der Waals surface area contributed by atoms with E-state index in [4.69, 9.17) is 5.11 Å². The Labute approximate surface area is 118 Å². The number of ether oxygens (including phenoxy) is 1. The highest BCUT2D eigenvalue weighted by Gasteiger charge is 2.38. The smallest absolute Gasteiger partial charge is 0.319 e. The van der Waals surface area contributed by atoms with E-state index >= 15 is 0 Å². The third kappa shape index (κ3) is 4.11. The third-order valence-electron chi connectivity index (χ3n) is 3.71. The molecule has 0 aromatic rings. The monoisotopic (exact) mass is 286 g/mol. The van der Waals surface area contributed by atoms with Crippen molar-refractivity contribution >= 4 is 18.0 Å². The van der Waals surface area contributed by atoms with Crippen molar-refractivity contribution in [3.63, 3.8) is 0 Å². The van der Waals surface area contributed by atoms with Gasteiger partial charge in [-0.3, -0.25) is 9.59 Å². The number of carbonyl (C=O) groups excluding carboxylic acids is 2. The Morgan fingerprint density at radius 3 is 2.50 bits per heavy atom. The van der Waals surface area contributed by atoms with Crippen LogP contribution in [0.5, 0.6) is 0 Å². The number of likely N-dealkylation sites (tertiary alicyclic amines) is 1. The topological polar surface area (TPSA) is 87.2 Å². The van der Waals surface area contributed by atoms with Crippen LogP contribution in [-0.2, 0) is 14.3 Å². The number of esters is 1. The number of hydrogen-bond acceptors (Lipinski definition) is 4. The van der Waals surface area contributed by atoms with Gasteiger partial charge in [0.1, 0.15) is 0 Å². The first-order valence-corrected chi connectivity index (χ1v) is 6.66. The van der Waals surface area contributed by atoms with Gasteiger partial charge in [-0.05, 0) is 6.42 Å². The maximum absolute atomic E-state index is 12.0. The number of hydrogen-bond donors (Lipinski definition) is 1. The van der Waals surface area contributed by atoms with Crippen LogP contribution >= 0.6 is 0 Å². The van der Waals surface area contributed by atoms with Crippen LogP contribution < -0.4 is 0 Å². The van der Waals surface area contributed by atoms with Gasteiger partial charge in [-0.1, -0.05) is 6.92 Å². The van der Waals surface area contributed by atoms with Crippen LogP contribution in [0.15, 0.2) is 0 Å². The molecule has 1 fully saturated rings. The van der Waals surface area contributed by atoms with Crippen molar-refractivity contribution in [3.05, 3.63) is 0 Å². The number of rotatable bonds is 6. The van der Waals surface area contributed by atoms with E-state index in [1.165, 1.54) is 7.11 Å². The summed E-state index contributed by atoms with van der Waals surface area (Å²) >= 11 is 0. The molecule has 0 radical (unpaired) electrons. The van der Waals surface area contributed by atoms with E-state index in [-0.39, 0.29) is 24.3 Å². The maximum atomic E-state index is 12.0. The van der Waals surface area contributed by atoms with Crippen molar-refractivity contribution in [2.75, 3.05) is 33.8 Å². The summed E-state index contributed by atoms with van der Waals surface area (Å²) in [6.45, 7) is 3.10. The molecule has 0 bridgehead atoms. The summed E-state index contributed by atoms with van der Waals surface area (Å²) < 4.78 is 4.53. The molecule has 0 saturated carbocycles. The lowest BCUT2D eigenvalue weighted by Gasteiger charge is -2.42. The molecule has 1 N–H and O–H groups in total. The predicted molar refractivity (Wildman–Crippen MR) is 71.1 cm³/mol. The zero-order valence-corrected chi connectivity index (χ0v) is 12.2. The first-order valence-electron chi connectivity index (χ1n) is 6.66. The Balaban J connectivity index is 2.27. The minimum absolute atomic E-state index is 0.0277. The molecule has 1 aliphatic heterocycles. The van der Waals surface area contributed by atoms with Crippen LogP contribution in [0.4, 0.5) is 4.79 Å². The molecule has 7 nitrogen and oxygen atoms in total. The second-order valence-electron chi connectivity index (χ2n) is 5.18. The van der Waals surface area contributed by atoms with Gasteiger partial charge in [0.25, 0.3) is 0 Å². The van der Waals surface area contributed by atoms with Gasteiger partial charge in [-0.15, -0.1) is 0 Å².